The Labute approximate surface area is 107 Å². The Hall–Kier alpha value is -1.43. The molecule has 1 heterocycles. The number of hydrogen-bond acceptors (Lipinski definition) is 4. The van der Waals surface area contributed by atoms with E-state index in [9.17, 15) is 14.4 Å². The molecule has 0 radical (unpaired) electrons. The van der Waals surface area contributed by atoms with E-state index < -0.39 is 6.03 Å². The number of Topliss-reactive ketones (excluding diaryl/α,β-unsaturated/α-hetero) is 1. The lowest BCUT2D eigenvalue weighted by Crippen LogP contribution is -2.51. The van der Waals surface area contributed by atoms with E-state index in [4.69, 9.17) is 0 Å². The zero-order chi connectivity index (χ0) is 13.7. The molecule has 6 nitrogen and oxygen atoms in total. The first-order chi connectivity index (χ1) is 8.45. The Bertz CT molecular complexity index is 335. The monoisotopic (exact) mass is 255 g/mol. The van der Waals surface area contributed by atoms with Gasteiger partial charge >= 0.3 is 6.03 Å². The van der Waals surface area contributed by atoms with Crippen molar-refractivity contribution in [2.75, 3.05) is 20.1 Å². The molecular weight excluding hydrogens is 234 g/mol. The van der Waals surface area contributed by atoms with E-state index in [0.717, 1.165) is 12.8 Å². The van der Waals surface area contributed by atoms with E-state index in [1.54, 1.807) is 13.8 Å². The molecule has 1 rings (SSSR count). The van der Waals surface area contributed by atoms with Crippen LogP contribution in [0.1, 0.15) is 26.7 Å². The van der Waals surface area contributed by atoms with Crippen LogP contribution in [0, 0.1) is 5.92 Å². The van der Waals surface area contributed by atoms with Crippen LogP contribution in [0.15, 0.2) is 0 Å². The largest absolute Gasteiger partial charge is 0.341 e. The molecule has 0 spiro atoms. The first-order valence-corrected chi connectivity index (χ1v) is 6.22. The number of urea groups is 1. The van der Waals surface area contributed by atoms with E-state index in [2.05, 4.69) is 10.6 Å². The molecule has 1 unspecified atom stereocenters. The second kappa shape index (κ2) is 6.49. The number of hydrogen-bond donors (Lipinski definition) is 2. The molecular formula is C12H21N3O3. The lowest BCUT2D eigenvalue weighted by molar-refractivity contribution is -0.126. The van der Waals surface area contributed by atoms with E-state index in [-0.39, 0.29) is 23.7 Å². The zero-order valence-corrected chi connectivity index (χ0v) is 11.2. The van der Waals surface area contributed by atoms with Gasteiger partial charge in [-0.2, -0.15) is 0 Å². The highest BCUT2D eigenvalue weighted by molar-refractivity contribution is 5.96. The molecule has 1 fully saturated rings. The van der Waals surface area contributed by atoms with Gasteiger partial charge in [-0.1, -0.05) is 0 Å². The molecule has 0 saturated carbocycles. The van der Waals surface area contributed by atoms with Gasteiger partial charge in [0, 0.05) is 13.0 Å². The molecule has 1 aliphatic rings. The van der Waals surface area contributed by atoms with Gasteiger partial charge in [-0.05, 0) is 39.8 Å². The molecule has 6 heteroatoms. The Morgan fingerprint density at radius 2 is 1.78 bits per heavy atom. The normalized spacial score (nSPS) is 19.1. The van der Waals surface area contributed by atoms with Gasteiger partial charge in [-0.25, -0.2) is 4.79 Å². The average Bonchev–Trinajstić information content (AvgIpc) is 2.37. The molecule has 1 aliphatic heterocycles. The summed E-state index contributed by atoms with van der Waals surface area (Å²) in [6.45, 7) is 4.81. The molecule has 18 heavy (non-hydrogen) atoms. The molecule has 1 saturated heterocycles. The first-order valence-electron chi connectivity index (χ1n) is 6.22. The lowest BCUT2D eigenvalue weighted by Gasteiger charge is -2.34. The molecule has 0 bridgehead atoms. The number of ketones is 1. The van der Waals surface area contributed by atoms with Crippen LogP contribution in [0.3, 0.4) is 0 Å². The second-order valence-electron chi connectivity index (χ2n) is 4.67. The molecule has 102 valence electrons. The zero-order valence-electron chi connectivity index (χ0n) is 11.2. The van der Waals surface area contributed by atoms with Crippen LogP contribution < -0.4 is 10.6 Å². The number of carbonyl (C=O) groups is 3. The standard InChI is InChI=1S/C12H21N3O3/c1-8(11(17)14-12(18)13-3)15-6-4-10(5-7-15)9(2)16/h8,10H,4-7H2,1-3H3,(H2,13,14,17,18). The van der Waals surface area contributed by atoms with Gasteiger partial charge < -0.3 is 5.32 Å². The van der Waals surface area contributed by atoms with Crippen molar-refractivity contribution in [1.29, 1.82) is 0 Å². The van der Waals surface area contributed by atoms with Gasteiger partial charge in [0.25, 0.3) is 0 Å². The molecule has 0 aromatic heterocycles. The molecule has 1 atom stereocenters. The number of nitrogens with one attached hydrogen (secondary N) is 2. The topological polar surface area (TPSA) is 78.5 Å². The number of likely N-dealkylation sites (tertiary alicyclic amines) is 1. The summed E-state index contributed by atoms with van der Waals surface area (Å²) in [7, 11) is 1.46. The lowest BCUT2D eigenvalue weighted by atomic mass is 9.92. The van der Waals surface area contributed by atoms with Crippen LogP contribution in [0.25, 0.3) is 0 Å². The summed E-state index contributed by atoms with van der Waals surface area (Å²) in [5.74, 6) is 0.0307. The van der Waals surface area contributed by atoms with Gasteiger partial charge in [0.05, 0.1) is 6.04 Å². The number of nitrogens with zero attached hydrogens (tertiary/aromatic N) is 1. The van der Waals surface area contributed by atoms with Crippen molar-refractivity contribution in [3.8, 4) is 0 Å². The minimum absolute atomic E-state index is 0.121. The van der Waals surface area contributed by atoms with Crippen molar-refractivity contribution >= 4 is 17.7 Å². The quantitative estimate of drug-likeness (QED) is 0.751. The summed E-state index contributed by atoms with van der Waals surface area (Å²) in [4.78, 5) is 36.0. The first kappa shape index (κ1) is 14.6. The van der Waals surface area contributed by atoms with Crippen molar-refractivity contribution in [1.82, 2.24) is 15.5 Å². The molecule has 0 aromatic carbocycles. The Balaban J connectivity index is 2.44. The van der Waals surface area contributed by atoms with Gasteiger partial charge in [-0.3, -0.25) is 19.8 Å². The van der Waals surface area contributed by atoms with Gasteiger partial charge in [0.2, 0.25) is 5.91 Å². The predicted molar refractivity (Wildman–Crippen MR) is 67.0 cm³/mol. The van der Waals surface area contributed by atoms with E-state index in [0.29, 0.717) is 13.1 Å². The number of amides is 3. The van der Waals surface area contributed by atoms with E-state index >= 15 is 0 Å². The summed E-state index contributed by atoms with van der Waals surface area (Å²) >= 11 is 0. The second-order valence-corrected chi connectivity index (χ2v) is 4.67. The molecule has 0 aromatic rings. The van der Waals surface area contributed by atoms with Crippen LogP contribution in [0.2, 0.25) is 0 Å². The summed E-state index contributed by atoms with van der Waals surface area (Å²) in [6.07, 6.45) is 1.57. The maximum atomic E-state index is 11.7. The minimum Gasteiger partial charge on any atom is -0.341 e. The van der Waals surface area contributed by atoms with Crippen molar-refractivity contribution in [2.24, 2.45) is 5.92 Å². The highest BCUT2D eigenvalue weighted by Crippen LogP contribution is 2.19. The van der Waals surface area contributed by atoms with Crippen LogP contribution in [0.4, 0.5) is 4.79 Å². The third kappa shape index (κ3) is 3.80. The number of rotatable bonds is 3. The van der Waals surface area contributed by atoms with Crippen LogP contribution in [0.5, 0.6) is 0 Å². The van der Waals surface area contributed by atoms with E-state index in [1.807, 2.05) is 4.90 Å². The Kier molecular flexibility index (Phi) is 5.27. The maximum absolute atomic E-state index is 11.7. The fourth-order valence-corrected chi connectivity index (χ4v) is 2.14. The fourth-order valence-electron chi connectivity index (χ4n) is 2.14. The highest BCUT2D eigenvalue weighted by Gasteiger charge is 2.28. The van der Waals surface area contributed by atoms with E-state index in [1.165, 1.54) is 7.05 Å². The summed E-state index contributed by atoms with van der Waals surface area (Å²) in [6, 6.07) is -0.847. The van der Waals surface area contributed by atoms with Crippen molar-refractivity contribution < 1.29 is 14.4 Å². The SMILES string of the molecule is CNC(=O)NC(=O)C(C)N1CCC(C(C)=O)CC1. The Morgan fingerprint density at radius 3 is 2.22 bits per heavy atom. The Morgan fingerprint density at radius 1 is 1.22 bits per heavy atom. The molecule has 2 N–H and O–H groups in total. The van der Waals surface area contributed by atoms with Crippen molar-refractivity contribution in [2.45, 2.75) is 32.7 Å². The summed E-state index contributed by atoms with van der Waals surface area (Å²) in [5, 5.41) is 4.60. The van der Waals surface area contributed by atoms with Crippen LogP contribution >= 0.6 is 0 Å². The molecule has 3 amide bonds. The van der Waals surface area contributed by atoms with Crippen LogP contribution in [-0.2, 0) is 9.59 Å². The summed E-state index contributed by atoms with van der Waals surface area (Å²) < 4.78 is 0. The summed E-state index contributed by atoms with van der Waals surface area (Å²) in [5.41, 5.74) is 0. The van der Waals surface area contributed by atoms with Crippen molar-refractivity contribution in [3.63, 3.8) is 0 Å². The minimum atomic E-state index is -0.495. The van der Waals surface area contributed by atoms with Gasteiger partial charge in [0.1, 0.15) is 5.78 Å². The number of imide groups is 1. The third-order valence-electron chi connectivity index (χ3n) is 3.50. The highest BCUT2D eigenvalue weighted by atomic mass is 16.2. The number of piperidine rings is 1. The smallest absolute Gasteiger partial charge is 0.321 e. The fraction of sp³-hybridized carbons (Fsp3) is 0.750. The van der Waals surface area contributed by atoms with Gasteiger partial charge in [0.15, 0.2) is 0 Å². The van der Waals surface area contributed by atoms with Crippen LogP contribution in [-0.4, -0.2) is 48.8 Å². The maximum Gasteiger partial charge on any atom is 0.321 e. The van der Waals surface area contributed by atoms with Crippen molar-refractivity contribution in [3.05, 3.63) is 0 Å². The average molecular weight is 255 g/mol. The van der Waals surface area contributed by atoms with Gasteiger partial charge in [-0.15, -0.1) is 0 Å². The predicted octanol–water partition coefficient (Wildman–Crippen LogP) is 0.131. The third-order valence-corrected chi connectivity index (χ3v) is 3.50. The molecule has 0 aliphatic carbocycles. The number of carbonyl (C=O) groups excluding carboxylic acids is 3.